The van der Waals surface area contributed by atoms with Gasteiger partial charge in [0.1, 0.15) is 0 Å². The Labute approximate surface area is 86.8 Å². The molecule has 1 aliphatic carbocycles. The summed E-state index contributed by atoms with van der Waals surface area (Å²) < 4.78 is 0. The summed E-state index contributed by atoms with van der Waals surface area (Å²) in [6, 6.07) is 0. The van der Waals surface area contributed by atoms with Crippen LogP contribution in [0.4, 0.5) is 0 Å². The van der Waals surface area contributed by atoms with E-state index < -0.39 is 0 Å². The standard InChI is InChI=1S/C11H23NS/c1-2-10-4-6-11(7-5-10)13-9-3-8-12/h10-11H,2-9,12H2,1H3. The van der Waals surface area contributed by atoms with Gasteiger partial charge in [-0.05, 0) is 50.3 Å². The van der Waals surface area contributed by atoms with Gasteiger partial charge < -0.3 is 5.73 Å². The van der Waals surface area contributed by atoms with Gasteiger partial charge in [-0.2, -0.15) is 11.8 Å². The third-order valence-corrected chi connectivity index (χ3v) is 4.54. The monoisotopic (exact) mass is 201 g/mol. The molecular weight excluding hydrogens is 178 g/mol. The van der Waals surface area contributed by atoms with Crippen LogP contribution in [-0.4, -0.2) is 17.5 Å². The van der Waals surface area contributed by atoms with Crippen LogP contribution >= 0.6 is 11.8 Å². The SMILES string of the molecule is CCC1CCC(SCCCN)CC1. The van der Waals surface area contributed by atoms with E-state index in [2.05, 4.69) is 18.7 Å². The van der Waals surface area contributed by atoms with Crippen molar-refractivity contribution in [2.45, 2.75) is 50.7 Å². The highest BCUT2D eigenvalue weighted by molar-refractivity contribution is 7.99. The molecule has 78 valence electrons. The number of hydrogen-bond donors (Lipinski definition) is 1. The Balaban J connectivity index is 2.03. The maximum atomic E-state index is 5.47. The van der Waals surface area contributed by atoms with E-state index in [1.54, 1.807) is 0 Å². The van der Waals surface area contributed by atoms with Crippen LogP contribution in [0.1, 0.15) is 45.4 Å². The summed E-state index contributed by atoms with van der Waals surface area (Å²) in [7, 11) is 0. The molecule has 13 heavy (non-hydrogen) atoms. The number of hydrogen-bond acceptors (Lipinski definition) is 2. The molecule has 0 heterocycles. The normalized spacial score (nSPS) is 29.1. The van der Waals surface area contributed by atoms with Gasteiger partial charge in [-0.1, -0.05) is 13.3 Å². The van der Waals surface area contributed by atoms with Crippen LogP contribution < -0.4 is 5.73 Å². The summed E-state index contributed by atoms with van der Waals surface area (Å²) in [6.45, 7) is 3.18. The molecule has 0 atom stereocenters. The second-order valence-electron chi connectivity index (χ2n) is 4.06. The van der Waals surface area contributed by atoms with Crippen LogP contribution in [0.3, 0.4) is 0 Å². The zero-order valence-electron chi connectivity index (χ0n) is 8.80. The highest BCUT2D eigenvalue weighted by Crippen LogP contribution is 2.33. The van der Waals surface area contributed by atoms with Gasteiger partial charge in [-0.15, -0.1) is 0 Å². The largest absolute Gasteiger partial charge is 0.330 e. The molecule has 0 bridgehead atoms. The van der Waals surface area contributed by atoms with E-state index in [9.17, 15) is 0 Å². The zero-order valence-corrected chi connectivity index (χ0v) is 9.61. The molecule has 0 saturated heterocycles. The van der Waals surface area contributed by atoms with Crippen molar-refractivity contribution in [3.8, 4) is 0 Å². The molecule has 0 aliphatic heterocycles. The Morgan fingerprint density at radius 3 is 2.46 bits per heavy atom. The maximum Gasteiger partial charge on any atom is 0.00472 e. The average molecular weight is 201 g/mol. The maximum absolute atomic E-state index is 5.47. The Hall–Kier alpha value is 0.310. The number of thioether (sulfide) groups is 1. The van der Waals surface area contributed by atoms with E-state index in [-0.39, 0.29) is 0 Å². The van der Waals surface area contributed by atoms with Crippen LogP contribution in [0.15, 0.2) is 0 Å². The summed E-state index contributed by atoms with van der Waals surface area (Å²) in [5.41, 5.74) is 5.47. The molecule has 0 amide bonds. The van der Waals surface area contributed by atoms with Crippen molar-refractivity contribution in [1.29, 1.82) is 0 Å². The van der Waals surface area contributed by atoms with Crippen molar-refractivity contribution in [2.24, 2.45) is 11.7 Å². The van der Waals surface area contributed by atoms with Crippen molar-refractivity contribution in [3.05, 3.63) is 0 Å². The Morgan fingerprint density at radius 1 is 1.23 bits per heavy atom. The molecule has 2 heteroatoms. The smallest absolute Gasteiger partial charge is 0.00472 e. The lowest BCUT2D eigenvalue weighted by Crippen LogP contribution is -2.16. The Morgan fingerprint density at radius 2 is 1.92 bits per heavy atom. The van der Waals surface area contributed by atoms with Gasteiger partial charge in [-0.25, -0.2) is 0 Å². The first kappa shape index (κ1) is 11.4. The van der Waals surface area contributed by atoms with E-state index >= 15 is 0 Å². The van der Waals surface area contributed by atoms with Gasteiger partial charge in [0.25, 0.3) is 0 Å². The number of rotatable bonds is 5. The first-order chi connectivity index (χ1) is 6.36. The van der Waals surface area contributed by atoms with E-state index in [1.165, 1.54) is 44.3 Å². The summed E-state index contributed by atoms with van der Waals surface area (Å²) in [6.07, 6.45) is 8.42. The highest BCUT2D eigenvalue weighted by Gasteiger charge is 2.19. The van der Waals surface area contributed by atoms with Crippen LogP contribution in [-0.2, 0) is 0 Å². The van der Waals surface area contributed by atoms with Crippen molar-refractivity contribution >= 4 is 11.8 Å². The van der Waals surface area contributed by atoms with Crippen molar-refractivity contribution in [2.75, 3.05) is 12.3 Å². The summed E-state index contributed by atoms with van der Waals surface area (Å²) in [5.74, 6) is 2.31. The molecule has 2 N–H and O–H groups in total. The lowest BCUT2D eigenvalue weighted by atomic mass is 9.87. The van der Waals surface area contributed by atoms with Crippen molar-refractivity contribution in [1.82, 2.24) is 0 Å². The minimum absolute atomic E-state index is 0.858. The first-order valence-electron chi connectivity index (χ1n) is 5.68. The molecule has 1 aliphatic rings. The van der Waals surface area contributed by atoms with Crippen LogP contribution in [0, 0.1) is 5.92 Å². The summed E-state index contributed by atoms with van der Waals surface area (Å²) in [5, 5.41) is 0.953. The fourth-order valence-electron chi connectivity index (χ4n) is 2.04. The molecule has 1 nitrogen and oxygen atoms in total. The molecule has 1 rings (SSSR count). The fraction of sp³-hybridized carbons (Fsp3) is 1.00. The third-order valence-electron chi connectivity index (χ3n) is 3.07. The van der Waals surface area contributed by atoms with Gasteiger partial charge in [0.15, 0.2) is 0 Å². The molecule has 0 aromatic heterocycles. The zero-order chi connectivity index (χ0) is 9.52. The molecular formula is C11H23NS. The summed E-state index contributed by atoms with van der Waals surface area (Å²) >= 11 is 2.15. The topological polar surface area (TPSA) is 26.0 Å². The quantitative estimate of drug-likeness (QED) is 0.692. The molecule has 1 fully saturated rings. The van der Waals surface area contributed by atoms with Gasteiger partial charge in [0.2, 0.25) is 0 Å². The lowest BCUT2D eigenvalue weighted by Gasteiger charge is -2.27. The molecule has 0 unspecified atom stereocenters. The van der Waals surface area contributed by atoms with Crippen molar-refractivity contribution in [3.63, 3.8) is 0 Å². The van der Waals surface area contributed by atoms with E-state index in [0.717, 1.165) is 17.7 Å². The second-order valence-corrected chi connectivity index (χ2v) is 5.47. The van der Waals surface area contributed by atoms with Crippen molar-refractivity contribution < 1.29 is 0 Å². The molecule has 1 saturated carbocycles. The Kier molecular flexibility index (Phi) is 5.88. The summed E-state index contributed by atoms with van der Waals surface area (Å²) in [4.78, 5) is 0. The Bertz CT molecular complexity index is 117. The molecule has 0 aromatic carbocycles. The van der Waals surface area contributed by atoms with E-state index in [1.807, 2.05) is 0 Å². The second kappa shape index (κ2) is 6.72. The predicted molar refractivity (Wildman–Crippen MR) is 62.2 cm³/mol. The number of nitrogens with two attached hydrogens (primary N) is 1. The van der Waals surface area contributed by atoms with Gasteiger partial charge >= 0.3 is 0 Å². The predicted octanol–water partition coefficient (Wildman–Crippen LogP) is 3.04. The van der Waals surface area contributed by atoms with Gasteiger partial charge in [0.05, 0.1) is 0 Å². The van der Waals surface area contributed by atoms with Crippen LogP contribution in [0.2, 0.25) is 0 Å². The molecule has 0 spiro atoms. The van der Waals surface area contributed by atoms with Crippen LogP contribution in [0.25, 0.3) is 0 Å². The van der Waals surface area contributed by atoms with Gasteiger partial charge in [0, 0.05) is 5.25 Å². The highest BCUT2D eigenvalue weighted by atomic mass is 32.2. The first-order valence-corrected chi connectivity index (χ1v) is 6.73. The molecule has 0 radical (unpaired) electrons. The minimum Gasteiger partial charge on any atom is -0.330 e. The van der Waals surface area contributed by atoms with Gasteiger partial charge in [-0.3, -0.25) is 0 Å². The van der Waals surface area contributed by atoms with E-state index in [4.69, 9.17) is 5.73 Å². The third kappa shape index (κ3) is 4.37. The fourth-order valence-corrected chi connectivity index (χ4v) is 3.31. The molecule has 0 aromatic rings. The van der Waals surface area contributed by atoms with Crippen LogP contribution in [0.5, 0.6) is 0 Å². The minimum atomic E-state index is 0.858. The van der Waals surface area contributed by atoms with E-state index in [0.29, 0.717) is 0 Å². The lowest BCUT2D eigenvalue weighted by molar-refractivity contribution is 0.356. The average Bonchev–Trinajstić information content (AvgIpc) is 2.19.